The lowest BCUT2D eigenvalue weighted by Gasteiger charge is -2.09. The summed E-state index contributed by atoms with van der Waals surface area (Å²) in [4.78, 5) is 20.2. The summed E-state index contributed by atoms with van der Waals surface area (Å²) >= 11 is 0. The first-order valence-electron chi connectivity index (χ1n) is 6.60. The topological polar surface area (TPSA) is 66.9 Å². The van der Waals surface area contributed by atoms with Crippen molar-refractivity contribution < 1.29 is 4.79 Å². The van der Waals surface area contributed by atoms with Crippen LogP contribution >= 0.6 is 0 Å². The van der Waals surface area contributed by atoms with Crippen molar-refractivity contribution in [3.8, 4) is 0 Å². The zero-order chi connectivity index (χ0) is 14.5. The van der Waals surface area contributed by atoms with Crippen molar-refractivity contribution in [1.29, 1.82) is 0 Å². The van der Waals surface area contributed by atoms with Crippen molar-refractivity contribution >= 4 is 22.6 Å². The molecule has 0 fully saturated rings. The van der Waals surface area contributed by atoms with Crippen LogP contribution in [0.2, 0.25) is 0 Å². The fourth-order valence-electron chi connectivity index (χ4n) is 2.05. The summed E-state index contributed by atoms with van der Waals surface area (Å²) in [6.07, 6.45) is 5.11. The van der Waals surface area contributed by atoms with E-state index in [2.05, 4.69) is 20.6 Å². The van der Waals surface area contributed by atoms with Crippen LogP contribution in [0.1, 0.15) is 5.56 Å². The van der Waals surface area contributed by atoms with Crippen molar-refractivity contribution in [2.24, 2.45) is 0 Å². The number of benzene rings is 1. The lowest BCUT2D eigenvalue weighted by Crippen LogP contribution is -2.28. The molecule has 5 nitrogen and oxygen atoms in total. The summed E-state index contributed by atoms with van der Waals surface area (Å²) in [6.45, 7) is 0.451. The van der Waals surface area contributed by atoms with Gasteiger partial charge < -0.3 is 10.6 Å². The number of hydrogen-bond donors (Lipinski definition) is 2. The number of hydrogen-bond acceptors (Lipinski definition) is 3. The number of pyridine rings is 2. The second-order valence-electron chi connectivity index (χ2n) is 4.54. The van der Waals surface area contributed by atoms with E-state index in [9.17, 15) is 4.79 Å². The maximum atomic E-state index is 12.0. The normalized spacial score (nSPS) is 10.3. The average molecular weight is 278 g/mol. The molecule has 0 atom stereocenters. The summed E-state index contributed by atoms with van der Waals surface area (Å²) in [5.74, 6) is 0. The average Bonchev–Trinajstić information content (AvgIpc) is 2.54. The van der Waals surface area contributed by atoms with Crippen LogP contribution in [0.4, 0.5) is 10.5 Å². The van der Waals surface area contributed by atoms with Gasteiger partial charge in [-0.25, -0.2) is 4.79 Å². The molecule has 3 aromatic rings. The van der Waals surface area contributed by atoms with Gasteiger partial charge in [0.15, 0.2) is 0 Å². The van der Waals surface area contributed by atoms with E-state index in [1.807, 2.05) is 42.5 Å². The van der Waals surface area contributed by atoms with E-state index in [1.54, 1.807) is 18.6 Å². The van der Waals surface area contributed by atoms with E-state index in [0.717, 1.165) is 16.5 Å². The van der Waals surface area contributed by atoms with Gasteiger partial charge in [0.25, 0.3) is 0 Å². The standard InChI is InChI=1S/C16H14N4O/c21-16(19-11-12-6-9-17-10-7-12)20-14-5-1-3-13-4-2-8-18-15(13)14/h1-10H,11H2,(H2,19,20,21). The Hall–Kier alpha value is -2.95. The van der Waals surface area contributed by atoms with E-state index in [-0.39, 0.29) is 6.03 Å². The molecule has 2 N–H and O–H groups in total. The second kappa shape index (κ2) is 6.00. The molecule has 104 valence electrons. The number of para-hydroxylation sites is 1. The van der Waals surface area contributed by atoms with E-state index >= 15 is 0 Å². The molecule has 3 rings (SSSR count). The third-order valence-corrected chi connectivity index (χ3v) is 3.08. The van der Waals surface area contributed by atoms with Gasteiger partial charge in [0.2, 0.25) is 0 Å². The smallest absolute Gasteiger partial charge is 0.319 e. The maximum absolute atomic E-state index is 12.0. The van der Waals surface area contributed by atoms with Crippen molar-refractivity contribution in [3.63, 3.8) is 0 Å². The first kappa shape index (κ1) is 13.1. The Morgan fingerprint density at radius 1 is 1.00 bits per heavy atom. The minimum atomic E-state index is -0.259. The first-order valence-corrected chi connectivity index (χ1v) is 6.60. The number of fused-ring (bicyclic) bond motifs is 1. The molecule has 0 spiro atoms. The van der Waals surface area contributed by atoms with Crippen LogP contribution in [0.25, 0.3) is 10.9 Å². The van der Waals surface area contributed by atoms with Crippen LogP contribution < -0.4 is 10.6 Å². The SMILES string of the molecule is O=C(NCc1ccncc1)Nc1cccc2cccnc12. The summed E-state index contributed by atoms with van der Waals surface area (Å²) < 4.78 is 0. The van der Waals surface area contributed by atoms with Gasteiger partial charge in [-0.1, -0.05) is 18.2 Å². The monoisotopic (exact) mass is 278 g/mol. The van der Waals surface area contributed by atoms with Gasteiger partial charge in [0.05, 0.1) is 11.2 Å². The zero-order valence-electron chi connectivity index (χ0n) is 11.3. The number of amides is 2. The first-order chi connectivity index (χ1) is 10.3. The second-order valence-corrected chi connectivity index (χ2v) is 4.54. The molecule has 2 aromatic heterocycles. The Bertz CT molecular complexity index is 753. The lowest BCUT2D eigenvalue weighted by molar-refractivity contribution is 0.252. The highest BCUT2D eigenvalue weighted by atomic mass is 16.2. The highest BCUT2D eigenvalue weighted by Crippen LogP contribution is 2.20. The van der Waals surface area contributed by atoms with Gasteiger partial charge in [-0.15, -0.1) is 0 Å². The molecule has 21 heavy (non-hydrogen) atoms. The molecule has 0 radical (unpaired) electrons. The van der Waals surface area contributed by atoms with Gasteiger partial charge in [0, 0.05) is 30.5 Å². The van der Waals surface area contributed by atoms with Gasteiger partial charge in [-0.05, 0) is 29.8 Å². The summed E-state index contributed by atoms with van der Waals surface area (Å²) in [5.41, 5.74) is 2.47. The fourth-order valence-corrected chi connectivity index (χ4v) is 2.05. The van der Waals surface area contributed by atoms with Crippen molar-refractivity contribution in [3.05, 3.63) is 66.6 Å². The third kappa shape index (κ3) is 3.14. The van der Waals surface area contributed by atoms with Gasteiger partial charge in [0.1, 0.15) is 0 Å². The highest BCUT2D eigenvalue weighted by Gasteiger charge is 2.05. The van der Waals surface area contributed by atoms with Gasteiger partial charge in [-0.3, -0.25) is 9.97 Å². The van der Waals surface area contributed by atoms with E-state index in [0.29, 0.717) is 12.2 Å². The maximum Gasteiger partial charge on any atom is 0.319 e. The van der Waals surface area contributed by atoms with Crippen LogP contribution in [0.15, 0.2) is 61.1 Å². The van der Waals surface area contributed by atoms with Crippen LogP contribution in [-0.4, -0.2) is 16.0 Å². The van der Waals surface area contributed by atoms with Gasteiger partial charge >= 0.3 is 6.03 Å². The fraction of sp³-hybridized carbons (Fsp3) is 0.0625. The zero-order valence-corrected chi connectivity index (χ0v) is 11.3. The molecule has 0 saturated heterocycles. The quantitative estimate of drug-likeness (QED) is 0.774. The molecule has 0 saturated carbocycles. The number of nitrogens with zero attached hydrogens (tertiary/aromatic N) is 2. The number of nitrogens with one attached hydrogen (secondary N) is 2. The van der Waals surface area contributed by atoms with E-state index in [4.69, 9.17) is 0 Å². The van der Waals surface area contributed by atoms with Crippen molar-refractivity contribution in [2.45, 2.75) is 6.54 Å². The van der Waals surface area contributed by atoms with Crippen molar-refractivity contribution in [2.75, 3.05) is 5.32 Å². The minimum absolute atomic E-state index is 0.259. The van der Waals surface area contributed by atoms with E-state index in [1.165, 1.54) is 0 Å². The Balaban J connectivity index is 1.69. The number of urea groups is 1. The Morgan fingerprint density at radius 2 is 1.81 bits per heavy atom. The Kier molecular flexibility index (Phi) is 3.73. The van der Waals surface area contributed by atoms with Gasteiger partial charge in [-0.2, -0.15) is 0 Å². The molecule has 0 aliphatic heterocycles. The number of carbonyl (C=O) groups is 1. The molecular weight excluding hydrogens is 264 g/mol. The van der Waals surface area contributed by atoms with E-state index < -0.39 is 0 Å². The molecular formula is C16H14N4O. The predicted octanol–water partition coefficient (Wildman–Crippen LogP) is 2.95. The third-order valence-electron chi connectivity index (χ3n) is 3.08. The van der Waals surface area contributed by atoms with Crippen LogP contribution in [0.3, 0.4) is 0 Å². The Labute approximate surface area is 122 Å². The number of anilines is 1. The molecule has 1 aromatic carbocycles. The summed E-state index contributed by atoms with van der Waals surface area (Å²) in [7, 11) is 0. The molecule has 2 heterocycles. The van der Waals surface area contributed by atoms with Crippen LogP contribution in [0.5, 0.6) is 0 Å². The Morgan fingerprint density at radius 3 is 2.67 bits per heavy atom. The lowest BCUT2D eigenvalue weighted by atomic mass is 10.2. The molecule has 0 aliphatic rings. The van der Waals surface area contributed by atoms with Crippen LogP contribution in [-0.2, 0) is 6.54 Å². The summed E-state index contributed by atoms with van der Waals surface area (Å²) in [5, 5.41) is 6.62. The summed E-state index contributed by atoms with van der Waals surface area (Å²) in [6, 6.07) is 13.0. The number of carbonyl (C=O) groups excluding carboxylic acids is 1. The largest absolute Gasteiger partial charge is 0.334 e. The molecule has 0 bridgehead atoms. The number of aromatic nitrogens is 2. The molecule has 0 aliphatic carbocycles. The molecule has 5 heteroatoms. The molecule has 2 amide bonds. The highest BCUT2D eigenvalue weighted by molar-refractivity contribution is 5.99. The van der Waals surface area contributed by atoms with Crippen molar-refractivity contribution in [1.82, 2.24) is 15.3 Å². The number of rotatable bonds is 3. The predicted molar refractivity (Wildman–Crippen MR) is 81.8 cm³/mol. The van der Waals surface area contributed by atoms with Crippen LogP contribution in [0, 0.1) is 0 Å². The minimum Gasteiger partial charge on any atom is -0.334 e. The molecule has 0 unspecified atom stereocenters.